The van der Waals surface area contributed by atoms with Crippen LogP contribution in [0.15, 0.2) is 101 Å². The summed E-state index contributed by atoms with van der Waals surface area (Å²) in [5.41, 5.74) is 1.73. The lowest BCUT2D eigenvalue weighted by atomic mass is 10.0. The normalized spacial score (nSPS) is 12.1. The molecule has 16 heteroatoms. The highest BCUT2D eigenvalue weighted by Gasteiger charge is 2.27. The van der Waals surface area contributed by atoms with Crippen molar-refractivity contribution in [3.05, 3.63) is 130 Å². The Morgan fingerprint density at radius 2 is 1.58 bits per heavy atom. The van der Waals surface area contributed by atoms with Crippen molar-refractivity contribution < 1.29 is 31.9 Å². The Balaban J connectivity index is 1.15. The lowest BCUT2D eigenvalue weighted by Crippen LogP contribution is -2.43. The van der Waals surface area contributed by atoms with Gasteiger partial charge in [0.05, 0.1) is 28.5 Å². The molecule has 0 saturated carbocycles. The number of nitrogens with one attached hydrogen (secondary N) is 2. The molecular weight excluding hydrogens is 672 g/mol. The molecule has 0 bridgehead atoms. The fourth-order valence-corrected chi connectivity index (χ4v) is 6.29. The van der Waals surface area contributed by atoms with Gasteiger partial charge in [0.1, 0.15) is 23.2 Å². The summed E-state index contributed by atoms with van der Waals surface area (Å²) in [6, 6.07) is 13.8. The second kappa shape index (κ2) is 13.3. The Morgan fingerprint density at radius 1 is 0.920 bits per heavy atom. The summed E-state index contributed by atoms with van der Waals surface area (Å²) in [4.78, 5) is 50.1. The minimum absolute atomic E-state index is 0.261. The zero-order chi connectivity index (χ0) is 35.7. The number of carbonyl (C=O) groups is 2. The van der Waals surface area contributed by atoms with Crippen LogP contribution in [0.5, 0.6) is 0 Å². The number of carbonyl (C=O) groups excluding carboxylic acids is 1. The van der Waals surface area contributed by atoms with Crippen LogP contribution in [-0.4, -0.2) is 55.8 Å². The minimum Gasteiger partial charge on any atom is -0.480 e. The number of halogens is 2. The molecule has 0 aliphatic heterocycles. The monoisotopic (exact) mass is 699 g/mol. The smallest absolute Gasteiger partial charge is 0.326 e. The molecule has 4 aromatic heterocycles. The van der Waals surface area contributed by atoms with Gasteiger partial charge in [-0.25, -0.2) is 23.2 Å². The Morgan fingerprint density at radius 3 is 2.16 bits per heavy atom. The molecule has 0 aliphatic rings. The maximum absolute atomic E-state index is 15.1. The number of anilines is 1. The van der Waals surface area contributed by atoms with E-state index in [2.05, 4.69) is 20.3 Å². The van der Waals surface area contributed by atoms with Crippen LogP contribution in [0, 0.1) is 18.6 Å². The summed E-state index contributed by atoms with van der Waals surface area (Å²) in [5, 5.41) is 11.9. The van der Waals surface area contributed by atoms with E-state index in [4.69, 9.17) is 0 Å². The second-order valence-electron chi connectivity index (χ2n) is 11.3. The molecule has 13 nitrogen and oxygen atoms in total. The van der Waals surface area contributed by atoms with Gasteiger partial charge in [0.25, 0.3) is 21.5 Å². The van der Waals surface area contributed by atoms with Crippen molar-refractivity contribution in [1.29, 1.82) is 0 Å². The average molecular weight is 700 g/mol. The maximum Gasteiger partial charge on any atom is 0.326 e. The zero-order valence-electron chi connectivity index (χ0n) is 26.3. The van der Waals surface area contributed by atoms with Crippen molar-refractivity contribution in [2.75, 3.05) is 4.72 Å². The van der Waals surface area contributed by atoms with E-state index >= 15 is 8.78 Å². The number of hydrogen-bond acceptors (Lipinski definition) is 8. The molecule has 50 heavy (non-hydrogen) atoms. The van der Waals surface area contributed by atoms with Crippen LogP contribution in [0.25, 0.3) is 27.7 Å². The molecule has 4 heterocycles. The topological polar surface area (TPSA) is 178 Å². The largest absolute Gasteiger partial charge is 0.480 e. The summed E-state index contributed by atoms with van der Waals surface area (Å²) < 4.78 is 61.1. The Bertz CT molecular complexity index is 2410. The first-order chi connectivity index (χ1) is 23.8. The van der Waals surface area contributed by atoms with Crippen LogP contribution < -0.4 is 15.6 Å². The molecule has 3 N–H and O–H groups in total. The highest BCUT2D eigenvalue weighted by molar-refractivity contribution is 7.92. The molecule has 254 valence electrons. The summed E-state index contributed by atoms with van der Waals surface area (Å²) >= 11 is 0. The number of pyridine rings is 3. The van der Waals surface area contributed by atoms with Crippen LogP contribution >= 0.6 is 0 Å². The standard InChI is InChI=1S/C34H27F2N7O6S/c1-19-3-6-21(16-38-19)22-7-10-30(39-17-22)50(48,49)41-23-14-26(35)31(27(36)15-23)32(44)40-28(34(46)47)13-20-4-8-24(9-5-20)43-33(45)25-11-12-37-18-29(25)42(43)2/h3-12,14-18,28,41H,13H2,1-2H3,(H,40,44)(H,46,47)/t28-/m0/s1. The summed E-state index contributed by atoms with van der Waals surface area (Å²) in [6.45, 7) is 1.82. The number of benzene rings is 2. The van der Waals surface area contributed by atoms with Gasteiger partial charge in [0, 0.05) is 48.9 Å². The van der Waals surface area contributed by atoms with Crippen molar-refractivity contribution in [2.24, 2.45) is 7.05 Å². The minimum atomic E-state index is -4.39. The molecule has 0 unspecified atom stereocenters. The molecule has 0 radical (unpaired) electrons. The Kier molecular flexibility index (Phi) is 8.95. The Hall–Kier alpha value is -6.29. The van der Waals surface area contributed by atoms with Crippen LogP contribution in [0.3, 0.4) is 0 Å². The fourth-order valence-electron chi connectivity index (χ4n) is 5.32. The van der Waals surface area contributed by atoms with Gasteiger partial charge in [-0.05, 0) is 61.0 Å². The van der Waals surface area contributed by atoms with E-state index in [1.807, 2.05) is 11.6 Å². The van der Waals surface area contributed by atoms with Crippen molar-refractivity contribution >= 4 is 38.5 Å². The predicted octanol–water partition coefficient (Wildman–Crippen LogP) is 3.99. The molecule has 6 aromatic rings. The van der Waals surface area contributed by atoms with Crippen molar-refractivity contribution in [1.82, 2.24) is 29.6 Å². The second-order valence-corrected chi connectivity index (χ2v) is 12.9. The number of carboxylic acids is 1. The number of fused-ring (bicyclic) bond motifs is 1. The maximum atomic E-state index is 15.1. The fraction of sp³-hybridized carbons (Fsp3) is 0.118. The number of aryl methyl sites for hydroxylation is 2. The molecule has 0 fully saturated rings. The number of carboxylic acid groups (broad SMARTS) is 1. The number of sulfonamides is 1. The molecule has 0 saturated heterocycles. The van der Waals surface area contributed by atoms with Gasteiger partial charge in [-0.1, -0.05) is 18.2 Å². The molecule has 1 atom stereocenters. The van der Waals surface area contributed by atoms with Crippen LogP contribution in [0.4, 0.5) is 14.5 Å². The predicted molar refractivity (Wildman–Crippen MR) is 178 cm³/mol. The van der Waals surface area contributed by atoms with Gasteiger partial charge < -0.3 is 10.4 Å². The third-order valence-electron chi connectivity index (χ3n) is 7.87. The summed E-state index contributed by atoms with van der Waals surface area (Å²) in [5.74, 6) is -5.70. The number of aromatic nitrogens is 5. The van der Waals surface area contributed by atoms with E-state index in [0.717, 1.165) is 5.69 Å². The van der Waals surface area contributed by atoms with Crippen LogP contribution in [0.2, 0.25) is 0 Å². The highest BCUT2D eigenvalue weighted by atomic mass is 32.2. The third-order valence-corrected chi connectivity index (χ3v) is 9.17. The summed E-state index contributed by atoms with van der Waals surface area (Å²) in [7, 11) is -2.70. The number of amides is 1. The highest BCUT2D eigenvalue weighted by Crippen LogP contribution is 2.24. The van der Waals surface area contributed by atoms with E-state index in [-0.39, 0.29) is 12.0 Å². The van der Waals surface area contributed by atoms with Crippen molar-refractivity contribution in [3.8, 4) is 16.8 Å². The van der Waals surface area contributed by atoms with E-state index in [9.17, 15) is 27.9 Å². The number of hydrogen-bond donors (Lipinski definition) is 3. The number of rotatable bonds is 10. The van der Waals surface area contributed by atoms with Gasteiger partial charge in [-0.2, -0.15) is 8.42 Å². The van der Waals surface area contributed by atoms with E-state index in [1.165, 1.54) is 29.2 Å². The van der Waals surface area contributed by atoms with Crippen molar-refractivity contribution in [2.45, 2.75) is 24.4 Å². The van der Waals surface area contributed by atoms with E-state index < -0.39 is 55.9 Å². The first kappa shape index (κ1) is 33.6. The average Bonchev–Trinajstić information content (AvgIpc) is 3.33. The zero-order valence-corrected chi connectivity index (χ0v) is 27.1. The molecule has 0 spiro atoms. The number of nitrogens with zero attached hydrogens (tertiary/aromatic N) is 5. The SMILES string of the molecule is Cc1ccc(-c2ccc(S(=O)(=O)Nc3cc(F)c(C(=O)N[C@@H](Cc4ccc(-n5c(=O)c6ccncc6n5C)cc4)C(=O)O)c(F)c3)nc2)cn1. The van der Waals surface area contributed by atoms with Gasteiger partial charge >= 0.3 is 5.97 Å². The molecule has 1 amide bonds. The van der Waals surface area contributed by atoms with E-state index in [1.54, 1.807) is 66.6 Å². The van der Waals surface area contributed by atoms with Gasteiger partial charge in [-0.3, -0.25) is 29.0 Å². The van der Waals surface area contributed by atoms with Crippen molar-refractivity contribution in [3.63, 3.8) is 0 Å². The lowest BCUT2D eigenvalue weighted by molar-refractivity contribution is -0.139. The first-order valence-corrected chi connectivity index (χ1v) is 16.4. The van der Waals surface area contributed by atoms with E-state index in [0.29, 0.717) is 45.4 Å². The molecule has 0 aliphatic carbocycles. The third kappa shape index (κ3) is 6.68. The Labute approximate surface area is 282 Å². The molecular formula is C34H27F2N7O6S. The molecule has 2 aromatic carbocycles. The van der Waals surface area contributed by atoms with Gasteiger partial charge in [0.2, 0.25) is 0 Å². The lowest BCUT2D eigenvalue weighted by Gasteiger charge is -2.16. The molecule has 6 rings (SSSR count). The quantitative estimate of drug-likeness (QED) is 0.191. The first-order valence-electron chi connectivity index (χ1n) is 14.9. The van der Waals surface area contributed by atoms with Crippen LogP contribution in [-0.2, 0) is 28.3 Å². The van der Waals surface area contributed by atoms with Crippen LogP contribution in [0.1, 0.15) is 21.6 Å². The summed E-state index contributed by atoms with van der Waals surface area (Å²) in [6.07, 6.45) is 5.72. The number of aliphatic carboxylic acids is 1. The van der Waals surface area contributed by atoms with Gasteiger partial charge in [0.15, 0.2) is 5.03 Å². The van der Waals surface area contributed by atoms with Gasteiger partial charge in [-0.15, -0.1) is 0 Å².